The fourth-order valence-corrected chi connectivity index (χ4v) is 4.18. The summed E-state index contributed by atoms with van der Waals surface area (Å²) in [5.74, 6) is 0.00417. The highest BCUT2D eigenvalue weighted by molar-refractivity contribution is 9.10. The van der Waals surface area contributed by atoms with Gasteiger partial charge in [-0.2, -0.15) is 5.10 Å². The Kier molecular flexibility index (Phi) is 6.61. The highest BCUT2D eigenvalue weighted by Crippen LogP contribution is 2.45. The van der Waals surface area contributed by atoms with E-state index in [2.05, 4.69) is 26.3 Å². The second-order valence-electron chi connectivity index (χ2n) is 7.39. The van der Waals surface area contributed by atoms with E-state index in [1.807, 2.05) is 0 Å². The summed E-state index contributed by atoms with van der Waals surface area (Å²) in [6, 6.07) is 10.2. The second-order valence-corrected chi connectivity index (χ2v) is 8.62. The zero-order valence-corrected chi connectivity index (χ0v) is 19.1. The number of amides is 1. The first-order valence-corrected chi connectivity index (χ1v) is 11.0. The van der Waals surface area contributed by atoms with Crippen molar-refractivity contribution in [2.45, 2.75) is 31.7 Å². The zero-order valence-electron chi connectivity index (χ0n) is 16.8. The molecule has 0 bridgehead atoms. The van der Waals surface area contributed by atoms with Gasteiger partial charge in [0.15, 0.2) is 0 Å². The molecule has 172 valence electrons. The molecule has 0 atom stereocenters. The standard InChI is InChI=1S/C21H16BrClF2N4O4/c22-18-19(21(24)25)27-28(20(18)11-1-2-11)10-17(30)26-13-7-14(29(31)32)9-16(8-13)33-15-5-3-12(23)4-6-15/h3-9,11,21H,1-2,10H2,(H,26,30). The molecule has 1 N–H and O–H groups in total. The monoisotopic (exact) mass is 540 g/mol. The fraction of sp³-hybridized carbons (Fsp3) is 0.238. The summed E-state index contributed by atoms with van der Waals surface area (Å²) in [4.78, 5) is 23.4. The highest BCUT2D eigenvalue weighted by atomic mass is 79.9. The van der Waals surface area contributed by atoms with E-state index in [0.717, 1.165) is 12.8 Å². The van der Waals surface area contributed by atoms with E-state index in [-0.39, 0.29) is 34.1 Å². The third kappa shape index (κ3) is 5.48. The average Bonchev–Trinajstić information content (AvgIpc) is 3.52. The minimum Gasteiger partial charge on any atom is -0.457 e. The first-order chi connectivity index (χ1) is 15.7. The topological polar surface area (TPSA) is 99.3 Å². The number of halogens is 4. The molecule has 8 nitrogen and oxygen atoms in total. The van der Waals surface area contributed by atoms with Gasteiger partial charge in [-0.05, 0) is 53.0 Å². The van der Waals surface area contributed by atoms with E-state index in [1.165, 1.54) is 22.9 Å². The molecule has 0 aliphatic heterocycles. The quantitative estimate of drug-likeness (QED) is 0.261. The van der Waals surface area contributed by atoms with Crippen LogP contribution >= 0.6 is 27.5 Å². The number of carbonyl (C=O) groups is 1. The molecule has 1 heterocycles. The molecule has 1 aliphatic carbocycles. The Hall–Kier alpha value is -3.05. The summed E-state index contributed by atoms with van der Waals surface area (Å²) in [5.41, 5.74) is -0.0475. The van der Waals surface area contributed by atoms with Crippen molar-refractivity contribution in [2.75, 3.05) is 5.32 Å². The van der Waals surface area contributed by atoms with Crippen molar-refractivity contribution in [1.29, 1.82) is 0 Å². The molecule has 1 saturated carbocycles. The van der Waals surface area contributed by atoms with Crippen molar-refractivity contribution in [2.24, 2.45) is 0 Å². The van der Waals surface area contributed by atoms with Gasteiger partial charge in [0.1, 0.15) is 23.7 Å². The normalized spacial score (nSPS) is 13.2. The zero-order chi connectivity index (χ0) is 23.7. The highest BCUT2D eigenvalue weighted by Gasteiger charge is 2.34. The van der Waals surface area contributed by atoms with Crippen LogP contribution in [0.25, 0.3) is 0 Å². The summed E-state index contributed by atoms with van der Waals surface area (Å²) in [5, 5.41) is 18.3. The number of rotatable bonds is 8. The van der Waals surface area contributed by atoms with Gasteiger partial charge in [-0.15, -0.1) is 0 Å². The molecular formula is C21H16BrClF2N4O4. The molecule has 12 heteroatoms. The van der Waals surface area contributed by atoms with Crippen LogP contribution in [0.5, 0.6) is 11.5 Å². The Labute approximate surface area is 199 Å². The molecule has 33 heavy (non-hydrogen) atoms. The lowest BCUT2D eigenvalue weighted by molar-refractivity contribution is -0.384. The van der Waals surface area contributed by atoms with Crippen LogP contribution in [-0.4, -0.2) is 20.6 Å². The molecule has 1 amide bonds. The Morgan fingerprint density at radius 2 is 1.97 bits per heavy atom. The van der Waals surface area contributed by atoms with E-state index in [0.29, 0.717) is 16.5 Å². The number of hydrogen-bond acceptors (Lipinski definition) is 5. The molecular weight excluding hydrogens is 526 g/mol. The van der Waals surface area contributed by atoms with Gasteiger partial charge in [0, 0.05) is 23.1 Å². The van der Waals surface area contributed by atoms with Crippen molar-refractivity contribution in [3.05, 3.63) is 73.5 Å². The number of non-ortho nitro benzene ring substituents is 1. The summed E-state index contributed by atoms with van der Waals surface area (Å²) in [6.07, 6.45) is -1.14. The van der Waals surface area contributed by atoms with Gasteiger partial charge in [0.25, 0.3) is 12.1 Å². The molecule has 1 aromatic heterocycles. The number of alkyl halides is 2. The molecule has 3 aromatic rings. The van der Waals surface area contributed by atoms with E-state index in [1.54, 1.807) is 24.3 Å². The maximum absolute atomic E-state index is 13.3. The van der Waals surface area contributed by atoms with Gasteiger partial charge in [-0.3, -0.25) is 19.6 Å². The van der Waals surface area contributed by atoms with Gasteiger partial charge in [0.05, 0.1) is 26.8 Å². The van der Waals surface area contributed by atoms with Gasteiger partial charge >= 0.3 is 0 Å². The number of anilines is 1. The van der Waals surface area contributed by atoms with Crippen LogP contribution in [0.4, 0.5) is 20.2 Å². The molecule has 2 aromatic carbocycles. The van der Waals surface area contributed by atoms with Crippen LogP contribution in [0.15, 0.2) is 46.9 Å². The molecule has 0 spiro atoms. The summed E-state index contributed by atoms with van der Waals surface area (Å²) in [7, 11) is 0. The van der Waals surface area contributed by atoms with Crippen molar-refractivity contribution in [3.8, 4) is 11.5 Å². The van der Waals surface area contributed by atoms with Crippen molar-refractivity contribution < 1.29 is 23.2 Å². The lowest BCUT2D eigenvalue weighted by Gasteiger charge is -2.11. The number of nitro groups is 1. The fourth-order valence-electron chi connectivity index (χ4n) is 3.27. The van der Waals surface area contributed by atoms with Gasteiger partial charge in [-0.1, -0.05) is 11.6 Å². The number of nitrogens with one attached hydrogen (secondary N) is 1. The Balaban J connectivity index is 1.55. The van der Waals surface area contributed by atoms with Crippen molar-refractivity contribution >= 4 is 44.8 Å². The molecule has 0 unspecified atom stereocenters. The number of nitrogens with zero attached hydrogens (tertiary/aromatic N) is 3. The maximum Gasteiger partial charge on any atom is 0.283 e. The first kappa shape index (κ1) is 23.1. The van der Waals surface area contributed by atoms with E-state index in [4.69, 9.17) is 16.3 Å². The molecule has 1 aliphatic rings. The third-order valence-corrected chi connectivity index (χ3v) is 5.92. The summed E-state index contributed by atoms with van der Waals surface area (Å²) >= 11 is 9.03. The minimum atomic E-state index is -2.79. The Morgan fingerprint density at radius 3 is 2.58 bits per heavy atom. The third-order valence-electron chi connectivity index (χ3n) is 4.86. The van der Waals surface area contributed by atoms with E-state index >= 15 is 0 Å². The summed E-state index contributed by atoms with van der Waals surface area (Å²) < 4.78 is 33.6. The van der Waals surface area contributed by atoms with Crippen LogP contribution < -0.4 is 10.1 Å². The van der Waals surface area contributed by atoms with Gasteiger partial charge in [-0.25, -0.2) is 8.78 Å². The maximum atomic E-state index is 13.3. The average molecular weight is 542 g/mol. The van der Waals surface area contributed by atoms with Crippen LogP contribution in [0.2, 0.25) is 5.02 Å². The van der Waals surface area contributed by atoms with Crippen molar-refractivity contribution in [3.63, 3.8) is 0 Å². The van der Waals surface area contributed by atoms with Crippen LogP contribution in [0.3, 0.4) is 0 Å². The van der Waals surface area contributed by atoms with Crippen LogP contribution in [-0.2, 0) is 11.3 Å². The SMILES string of the molecule is O=C(Cn1nc(C(F)F)c(Br)c1C1CC1)Nc1cc(Oc2ccc(Cl)cc2)cc([N+](=O)[O-])c1. The van der Waals surface area contributed by atoms with E-state index < -0.39 is 22.9 Å². The number of carbonyl (C=O) groups excluding carboxylic acids is 1. The number of ether oxygens (including phenoxy) is 1. The number of aromatic nitrogens is 2. The second kappa shape index (κ2) is 9.44. The molecule has 1 fully saturated rings. The molecule has 0 saturated heterocycles. The number of nitro benzene ring substituents is 1. The molecule has 4 rings (SSSR count). The summed E-state index contributed by atoms with van der Waals surface area (Å²) in [6.45, 7) is -0.326. The number of benzene rings is 2. The Bertz CT molecular complexity index is 1220. The van der Waals surface area contributed by atoms with Gasteiger partial charge < -0.3 is 10.1 Å². The predicted molar refractivity (Wildman–Crippen MR) is 120 cm³/mol. The Morgan fingerprint density at radius 1 is 1.27 bits per heavy atom. The lowest BCUT2D eigenvalue weighted by atomic mass is 10.2. The van der Waals surface area contributed by atoms with Gasteiger partial charge in [0.2, 0.25) is 5.91 Å². The largest absolute Gasteiger partial charge is 0.457 e. The van der Waals surface area contributed by atoms with Crippen LogP contribution in [0.1, 0.15) is 36.6 Å². The van der Waals surface area contributed by atoms with Crippen molar-refractivity contribution in [1.82, 2.24) is 9.78 Å². The number of hydrogen-bond donors (Lipinski definition) is 1. The first-order valence-electron chi connectivity index (χ1n) is 9.78. The van der Waals surface area contributed by atoms with E-state index in [9.17, 15) is 23.7 Å². The lowest BCUT2D eigenvalue weighted by Crippen LogP contribution is -2.21. The predicted octanol–water partition coefficient (Wildman–Crippen LogP) is 6.45. The molecule has 0 radical (unpaired) electrons. The van der Waals surface area contributed by atoms with Crippen LogP contribution in [0, 0.1) is 10.1 Å². The smallest absolute Gasteiger partial charge is 0.283 e. The minimum absolute atomic E-state index is 0.0596.